The fraction of sp³-hybridized carbons (Fsp3) is 0.561. The second-order valence-corrected chi connectivity index (χ2v) is 15.3. The third-order valence-corrected chi connectivity index (χ3v) is 11.0. The number of benzene rings is 2. The molecule has 2 aromatic carbocycles. The Balaban J connectivity index is 1.53. The average Bonchev–Trinajstić information content (AvgIpc) is 3.72. The number of amides is 5. The van der Waals surface area contributed by atoms with Crippen LogP contribution in [0.15, 0.2) is 60.7 Å². The summed E-state index contributed by atoms with van der Waals surface area (Å²) in [5.41, 5.74) is 11.2. The lowest BCUT2D eigenvalue weighted by molar-refractivity contribution is -0.214. The van der Waals surface area contributed by atoms with Crippen LogP contribution in [0.5, 0.6) is 0 Å². The van der Waals surface area contributed by atoms with Crippen molar-refractivity contribution in [2.45, 2.75) is 122 Å². The quantitative estimate of drug-likeness (QED) is 0.330. The van der Waals surface area contributed by atoms with Crippen molar-refractivity contribution in [1.29, 1.82) is 0 Å². The first kappa shape index (κ1) is 43.2. The highest BCUT2D eigenvalue weighted by Gasteiger charge is 2.46. The summed E-state index contributed by atoms with van der Waals surface area (Å²) in [5, 5.41) is 4.90. The van der Waals surface area contributed by atoms with Crippen LogP contribution < -0.4 is 16.5 Å². The number of esters is 1. The molecule has 310 valence electrons. The molecule has 3 fully saturated rings. The van der Waals surface area contributed by atoms with Gasteiger partial charge in [0.15, 0.2) is 6.04 Å². The minimum atomic E-state index is -1.44. The molecule has 3 saturated heterocycles. The molecule has 57 heavy (non-hydrogen) atoms. The highest BCUT2D eigenvalue weighted by Crippen LogP contribution is 2.24. The van der Waals surface area contributed by atoms with Gasteiger partial charge in [-0.3, -0.25) is 33.8 Å². The van der Waals surface area contributed by atoms with Gasteiger partial charge in [0.2, 0.25) is 17.7 Å². The Hall–Kier alpha value is -4.90. The smallest absolute Gasteiger partial charge is 0.331 e. The second-order valence-electron chi connectivity index (χ2n) is 15.3. The maximum Gasteiger partial charge on any atom is 0.331 e. The number of cyclic esters (lactones) is 1. The number of likely N-dealkylation sites (N-methyl/N-ethyl adjacent to an activating group) is 1. The first-order valence-electron chi connectivity index (χ1n) is 19.8. The number of hydrazine groups is 1. The Morgan fingerprint density at radius 2 is 1.40 bits per heavy atom. The number of fused-ring (bicyclic) bond motifs is 2. The molecule has 0 aliphatic carbocycles. The normalized spacial score (nSPS) is 28.0. The molecule has 4 N–H and O–H groups in total. The third-order valence-electron chi connectivity index (χ3n) is 11.0. The molecule has 0 radical (unpaired) electrons. The molecule has 2 aromatic rings. The van der Waals surface area contributed by atoms with Gasteiger partial charge in [-0.15, -0.1) is 0 Å². The Labute approximate surface area is 334 Å². The Morgan fingerprint density at radius 1 is 0.789 bits per heavy atom. The van der Waals surface area contributed by atoms with Crippen LogP contribution in [0.25, 0.3) is 0 Å². The predicted octanol–water partition coefficient (Wildman–Crippen LogP) is 1.67. The molecule has 0 saturated carbocycles. The molecule has 8 atom stereocenters. The maximum atomic E-state index is 14.6. The summed E-state index contributed by atoms with van der Waals surface area (Å²) in [7, 11) is 1.45. The van der Waals surface area contributed by atoms with Crippen molar-refractivity contribution in [3.63, 3.8) is 0 Å². The lowest BCUT2D eigenvalue weighted by Gasteiger charge is -2.41. The molecule has 0 aromatic heterocycles. The average molecular weight is 792 g/mol. The number of carbonyl (C=O) groups excluding carboxylic acids is 6. The Morgan fingerprint density at radius 3 is 2.04 bits per heavy atom. The molecule has 5 rings (SSSR count). The van der Waals surface area contributed by atoms with E-state index in [1.165, 1.54) is 23.8 Å². The van der Waals surface area contributed by atoms with Crippen LogP contribution in [-0.2, 0) is 56.3 Å². The molecule has 3 aliphatic rings. The van der Waals surface area contributed by atoms with Crippen molar-refractivity contribution in [3.05, 3.63) is 71.8 Å². The number of nitrogens with one attached hydrogen (secondary N) is 2. The summed E-state index contributed by atoms with van der Waals surface area (Å²) in [4.78, 5) is 94.2. The Kier molecular flexibility index (Phi) is 14.8. The van der Waals surface area contributed by atoms with Crippen LogP contribution in [0.3, 0.4) is 0 Å². The van der Waals surface area contributed by atoms with Gasteiger partial charge in [0.05, 0.1) is 12.7 Å². The first-order valence-corrected chi connectivity index (χ1v) is 19.8. The van der Waals surface area contributed by atoms with E-state index in [2.05, 4.69) is 10.7 Å². The van der Waals surface area contributed by atoms with Gasteiger partial charge in [0, 0.05) is 20.1 Å². The van der Waals surface area contributed by atoms with E-state index in [1.54, 1.807) is 27.7 Å². The van der Waals surface area contributed by atoms with Crippen LogP contribution in [0.1, 0.15) is 71.4 Å². The molecule has 3 heterocycles. The number of carbonyl (C=O) groups is 6. The largest absolute Gasteiger partial charge is 0.458 e. The zero-order valence-corrected chi connectivity index (χ0v) is 33.7. The van der Waals surface area contributed by atoms with Crippen molar-refractivity contribution in [1.82, 2.24) is 30.6 Å². The highest BCUT2D eigenvalue weighted by molar-refractivity contribution is 5.96. The molecular weight excluding hydrogens is 734 g/mol. The van der Waals surface area contributed by atoms with Gasteiger partial charge in [-0.05, 0) is 63.5 Å². The van der Waals surface area contributed by atoms with Crippen LogP contribution in [-0.4, -0.2) is 124 Å². The molecule has 3 aliphatic heterocycles. The number of hydrogen-bond acceptors (Lipinski definition) is 11. The molecule has 0 spiro atoms. The van der Waals surface area contributed by atoms with Crippen LogP contribution in [0.2, 0.25) is 0 Å². The zero-order valence-electron chi connectivity index (χ0n) is 33.7. The van der Waals surface area contributed by atoms with E-state index in [1.807, 2.05) is 60.7 Å². The van der Waals surface area contributed by atoms with Gasteiger partial charge < -0.3 is 30.3 Å². The minimum Gasteiger partial charge on any atom is -0.458 e. The molecule has 16 nitrogen and oxygen atoms in total. The third kappa shape index (κ3) is 10.2. The van der Waals surface area contributed by atoms with Crippen molar-refractivity contribution in [3.8, 4) is 0 Å². The number of nitrogens with zero attached hydrogens (tertiary/aromatic N) is 4. The lowest BCUT2D eigenvalue weighted by Crippen LogP contribution is -2.66. The predicted molar refractivity (Wildman–Crippen MR) is 208 cm³/mol. The van der Waals surface area contributed by atoms with E-state index < -0.39 is 89.9 Å². The molecule has 1 unspecified atom stereocenters. The monoisotopic (exact) mass is 791 g/mol. The fourth-order valence-corrected chi connectivity index (χ4v) is 7.37. The van der Waals surface area contributed by atoms with E-state index in [0.29, 0.717) is 25.8 Å². The number of ether oxygens (including phenoxy) is 2. The maximum absolute atomic E-state index is 14.6. The van der Waals surface area contributed by atoms with Gasteiger partial charge >= 0.3 is 5.97 Å². The summed E-state index contributed by atoms with van der Waals surface area (Å²) in [6.07, 6.45) is -0.568. The van der Waals surface area contributed by atoms with Gasteiger partial charge in [-0.1, -0.05) is 74.5 Å². The van der Waals surface area contributed by atoms with E-state index in [4.69, 9.17) is 20.0 Å². The van der Waals surface area contributed by atoms with Crippen molar-refractivity contribution in [2.24, 2.45) is 11.7 Å². The zero-order chi connectivity index (χ0) is 41.4. The number of hydroxylamine groups is 2. The van der Waals surface area contributed by atoms with Crippen LogP contribution in [0.4, 0.5) is 0 Å². The van der Waals surface area contributed by atoms with Gasteiger partial charge in [-0.25, -0.2) is 15.3 Å². The standard InChI is InChI=1S/C41H57N7O9/c1-25(2)35-33(42)40(53)47-32(19-13-21-43-47)39(52)48(56-24-30-17-11-8-12-18-30)27(4)37(50)45(6)26(3)38(51)46-22-14-20-31(46)36(49)44-34(41(54)57-35)28(5)55-23-29-15-9-7-10-16-29/h7-12,15-18,25-28,31-35,43H,13-14,19-24,42H2,1-6H3,(H,44,49)/t26-,27+,28+,31+,32-,33+,34?,35+/m1/s1. The van der Waals surface area contributed by atoms with Gasteiger partial charge in [-0.2, -0.15) is 0 Å². The van der Waals surface area contributed by atoms with E-state index in [-0.39, 0.29) is 26.2 Å². The number of rotatable bonds is 8. The summed E-state index contributed by atoms with van der Waals surface area (Å²) in [5.74, 6) is -4.44. The molecule has 0 bridgehead atoms. The van der Waals surface area contributed by atoms with Gasteiger partial charge in [0.1, 0.15) is 42.9 Å². The fourth-order valence-electron chi connectivity index (χ4n) is 7.37. The first-order chi connectivity index (χ1) is 27.2. The van der Waals surface area contributed by atoms with Crippen molar-refractivity contribution < 1.29 is 43.1 Å². The molecule has 5 amide bonds. The Bertz CT molecular complexity index is 1730. The summed E-state index contributed by atoms with van der Waals surface area (Å²) in [6, 6.07) is 11.2. The second kappa shape index (κ2) is 19.5. The highest BCUT2D eigenvalue weighted by atomic mass is 16.7. The summed E-state index contributed by atoms with van der Waals surface area (Å²) < 4.78 is 12.1. The van der Waals surface area contributed by atoms with Crippen LogP contribution >= 0.6 is 0 Å². The molecular formula is C41H57N7O9. The van der Waals surface area contributed by atoms with E-state index in [9.17, 15) is 28.8 Å². The van der Waals surface area contributed by atoms with Crippen molar-refractivity contribution >= 4 is 35.5 Å². The lowest BCUT2D eigenvalue weighted by atomic mass is 9.97. The number of nitrogens with two attached hydrogens (primary N) is 1. The number of hydrogen-bond donors (Lipinski definition) is 3. The van der Waals surface area contributed by atoms with E-state index >= 15 is 0 Å². The summed E-state index contributed by atoms with van der Waals surface area (Å²) in [6.45, 7) is 8.80. The van der Waals surface area contributed by atoms with E-state index in [0.717, 1.165) is 21.2 Å². The molecule has 16 heteroatoms. The van der Waals surface area contributed by atoms with Crippen molar-refractivity contribution in [2.75, 3.05) is 20.1 Å². The summed E-state index contributed by atoms with van der Waals surface area (Å²) >= 11 is 0. The SMILES string of the molecule is CC(C)[C@@H]1OC(=O)C([C@H](C)OCc2ccccc2)NC(=O)[C@@H]2CCCN2C(=O)[C@@H](C)N(C)C(=O)[C@H](C)N(OCc2ccccc2)C(=O)[C@H]2CCCNN2C(=O)[C@H]1N. The topological polar surface area (TPSA) is 193 Å². The van der Waals surface area contributed by atoms with Crippen LogP contribution in [0, 0.1) is 5.92 Å². The van der Waals surface area contributed by atoms with Gasteiger partial charge in [0.25, 0.3) is 11.8 Å². The minimum absolute atomic E-state index is 0.0688.